The minimum absolute atomic E-state index is 0.320. The number of benzene rings is 2. The zero-order valence-corrected chi connectivity index (χ0v) is 18.9. The minimum Gasteiger partial charge on any atom is -0.507 e. The average Bonchev–Trinajstić information content (AvgIpc) is 2.73. The first kappa shape index (κ1) is 28.7. The number of hydrogen-bond donors (Lipinski definition) is 4. The van der Waals surface area contributed by atoms with Gasteiger partial charge in [-0.2, -0.15) is 26.3 Å². The first-order chi connectivity index (χ1) is 16.3. The van der Waals surface area contributed by atoms with Gasteiger partial charge in [-0.15, -0.1) is 0 Å². The van der Waals surface area contributed by atoms with Gasteiger partial charge >= 0.3 is 12.4 Å². The SMILES string of the molecule is COCc1cc(C(c2cc(CCO)c(O)c(CCO)c2)(C(F)(F)F)C(F)(F)F)cc(COC)c1O. The maximum absolute atomic E-state index is 14.7. The van der Waals surface area contributed by atoms with Crippen LogP contribution in [-0.4, -0.2) is 60.2 Å². The number of aromatic hydroxyl groups is 2. The van der Waals surface area contributed by atoms with Gasteiger partial charge in [-0.25, -0.2) is 0 Å². The summed E-state index contributed by atoms with van der Waals surface area (Å²) < 4.78 is 98.0. The lowest BCUT2D eigenvalue weighted by atomic mass is 9.71. The fourth-order valence-corrected chi connectivity index (χ4v) is 4.09. The Morgan fingerprint density at radius 2 is 0.943 bits per heavy atom. The number of hydrogen-bond acceptors (Lipinski definition) is 6. The van der Waals surface area contributed by atoms with Crippen molar-refractivity contribution in [3.8, 4) is 11.5 Å². The van der Waals surface area contributed by atoms with Gasteiger partial charge in [0.1, 0.15) is 11.5 Å². The summed E-state index contributed by atoms with van der Waals surface area (Å²) in [6.07, 6.45) is -12.7. The van der Waals surface area contributed by atoms with E-state index < -0.39 is 79.7 Å². The maximum atomic E-state index is 14.7. The largest absolute Gasteiger partial charge is 0.507 e. The van der Waals surface area contributed by atoms with Gasteiger partial charge < -0.3 is 29.9 Å². The molecule has 0 aromatic heterocycles. The Morgan fingerprint density at radius 3 is 1.23 bits per heavy atom. The highest BCUT2D eigenvalue weighted by molar-refractivity contribution is 5.55. The Bertz CT molecular complexity index is 883. The summed E-state index contributed by atoms with van der Waals surface area (Å²) in [6, 6.07) is 2.24. The number of aliphatic hydroxyl groups is 2. The van der Waals surface area contributed by atoms with Crippen LogP contribution in [0.3, 0.4) is 0 Å². The molecular formula is C23H26F6O6. The quantitative estimate of drug-likeness (QED) is 0.361. The van der Waals surface area contributed by atoms with Crippen molar-refractivity contribution < 1.29 is 56.2 Å². The Morgan fingerprint density at radius 1 is 0.629 bits per heavy atom. The van der Waals surface area contributed by atoms with E-state index in [4.69, 9.17) is 9.47 Å². The molecule has 0 radical (unpaired) electrons. The smallest absolute Gasteiger partial charge is 0.411 e. The summed E-state index contributed by atoms with van der Waals surface area (Å²) in [7, 11) is 2.32. The average molecular weight is 512 g/mol. The molecule has 0 fully saturated rings. The molecule has 196 valence electrons. The van der Waals surface area contributed by atoms with Crippen molar-refractivity contribution in [2.75, 3.05) is 27.4 Å². The molecule has 2 aromatic rings. The van der Waals surface area contributed by atoms with Crippen molar-refractivity contribution in [1.29, 1.82) is 0 Å². The first-order valence-electron chi connectivity index (χ1n) is 10.3. The van der Waals surface area contributed by atoms with Gasteiger partial charge in [-0.05, 0) is 47.2 Å². The van der Waals surface area contributed by atoms with Crippen LogP contribution >= 0.6 is 0 Å². The summed E-state index contributed by atoms with van der Waals surface area (Å²) in [5.74, 6) is -1.18. The molecule has 0 bridgehead atoms. The zero-order chi connectivity index (χ0) is 26.6. The van der Waals surface area contributed by atoms with Gasteiger partial charge in [0.05, 0.1) is 13.2 Å². The molecule has 0 unspecified atom stereocenters. The monoisotopic (exact) mass is 512 g/mol. The Balaban J connectivity index is 3.10. The molecule has 0 amide bonds. The van der Waals surface area contributed by atoms with Gasteiger partial charge in [0.15, 0.2) is 0 Å². The number of aliphatic hydroxyl groups excluding tert-OH is 2. The number of ether oxygens (including phenoxy) is 2. The Hall–Kier alpha value is -2.54. The lowest BCUT2D eigenvalue weighted by Crippen LogP contribution is -2.55. The van der Waals surface area contributed by atoms with Crippen molar-refractivity contribution in [3.63, 3.8) is 0 Å². The standard InChI is InChI=1S/C23H26F6O6/c1-34-11-15-9-18(10-16(12-35-2)20(15)33)21(22(24,25)26,23(27,28)29)17-7-13(3-5-30)19(32)14(8-17)4-6-31/h7-10,30-33H,3-6,11-12H2,1-2H3. The van der Waals surface area contributed by atoms with Crippen molar-refractivity contribution in [1.82, 2.24) is 0 Å². The molecular weight excluding hydrogens is 486 g/mol. The lowest BCUT2D eigenvalue weighted by molar-refractivity contribution is -0.288. The fourth-order valence-electron chi connectivity index (χ4n) is 4.09. The van der Waals surface area contributed by atoms with Crippen LogP contribution in [0.4, 0.5) is 26.3 Å². The molecule has 4 N–H and O–H groups in total. The molecule has 6 nitrogen and oxygen atoms in total. The third-order valence-electron chi connectivity index (χ3n) is 5.61. The molecule has 0 aliphatic carbocycles. The van der Waals surface area contributed by atoms with E-state index >= 15 is 0 Å². The van der Waals surface area contributed by atoms with E-state index in [1.807, 2.05) is 0 Å². The maximum Gasteiger partial charge on any atom is 0.411 e. The zero-order valence-electron chi connectivity index (χ0n) is 18.9. The van der Waals surface area contributed by atoms with Crippen molar-refractivity contribution in [2.45, 2.75) is 43.8 Å². The molecule has 0 aliphatic rings. The fraction of sp³-hybridized carbons (Fsp3) is 0.478. The third-order valence-corrected chi connectivity index (χ3v) is 5.61. The summed E-state index contributed by atoms with van der Waals surface area (Å²) in [5.41, 5.74) is -8.44. The summed E-state index contributed by atoms with van der Waals surface area (Å²) in [5, 5.41) is 39.2. The molecule has 0 aliphatic heterocycles. The highest BCUT2D eigenvalue weighted by Gasteiger charge is 2.72. The van der Waals surface area contributed by atoms with Crippen LogP contribution < -0.4 is 0 Å². The van der Waals surface area contributed by atoms with Crippen LogP contribution in [0.25, 0.3) is 0 Å². The molecule has 0 saturated heterocycles. The molecule has 0 spiro atoms. The van der Waals surface area contributed by atoms with Crippen molar-refractivity contribution in [3.05, 3.63) is 57.6 Å². The van der Waals surface area contributed by atoms with Gasteiger partial charge in [0, 0.05) is 38.6 Å². The van der Waals surface area contributed by atoms with E-state index in [1.165, 1.54) is 0 Å². The summed E-state index contributed by atoms with van der Waals surface area (Å²) >= 11 is 0. The van der Waals surface area contributed by atoms with Gasteiger partial charge in [0.25, 0.3) is 0 Å². The third kappa shape index (κ3) is 5.35. The second-order valence-corrected chi connectivity index (χ2v) is 7.84. The van der Waals surface area contributed by atoms with Crippen LogP contribution in [-0.2, 0) is 40.9 Å². The molecule has 2 rings (SSSR count). The van der Waals surface area contributed by atoms with Crippen molar-refractivity contribution in [2.24, 2.45) is 0 Å². The van der Waals surface area contributed by atoms with Gasteiger partial charge in [-0.3, -0.25) is 0 Å². The van der Waals surface area contributed by atoms with Crippen molar-refractivity contribution >= 4 is 0 Å². The summed E-state index contributed by atoms with van der Waals surface area (Å²) in [6.45, 7) is -2.28. The van der Waals surface area contributed by atoms with Crippen LogP contribution in [0.5, 0.6) is 11.5 Å². The normalized spacial score (nSPS) is 12.9. The number of alkyl halides is 6. The van der Waals surface area contributed by atoms with E-state index in [0.717, 1.165) is 14.2 Å². The van der Waals surface area contributed by atoms with E-state index in [-0.39, 0.29) is 22.3 Å². The second-order valence-electron chi connectivity index (χ2n) is 7.84. The molecule has 12 heteroatoms. The number of rotatable bonds is 10. The minimum atomic E-state index is -5.94. The van der Waals surface area contributed by atoms with Crippen LogP contribution in [0.2, 0.25) is 0 Å². The topological polar surface area (TPSA) is 99.4 Å². The number of methoxy groups -OCH3 is 2. The van der Waals surface area contributed by atoms with Gasteiger partial charge in [-0.1, -0.05) is 12.1 Å². The van der Waals surface area contributed by atoms with Crippen LogP contribution in [0.1, 0.15) is 33.4 Å². The van der Waals surface area contributed by atoms with E-state index in [0.29, 0.717) is 24.3 Å². The Labute approximate surface area is 197 Å². The summed E-state index contributed by atoms with van der Waals surface area (Å²) in [4.78, 5) is 0. The predicted molar refractivity (Wildman–Crippen MR) is 112 cm³/mol. The highest BCUT2D eigenvalue weighted by Crippen LogP contribution is 2.57. The van der Waals surface area contributed by atoms with Crippen LogP contribution in [0, 0.1) is 0 Å². The van der Waals surface area contributed by atoms with Crippen LogP contribution in [0.15, 0.2) is 24.3 Å². The number of phenolic OH excluding ortho intramolecular Hbond substituents is 2. The van der Waals surface area contributed by atoms with E-state index in [9.17, 15) is 46.8 Å². The molecule has 0 saturated carbocycles. The number of phenols is 2. The van der Waals surface area contributed by atoms with E-state index in [2.05, 4.69) is 0 Å². The first-order valence-corrected chi connectivity index (χ1v) is 10.3. The highest BCUT2D eigenvalue weighted by atomic mass is 19.4. The lowest BCUT2D eigenvalue weighted by Gasteiger charge is -2.39. The Kier molecular flexibility index (Phi) is 9.04. The molecule has 2 aromatic carbocycles. The number of halogens is 6. The molecule has 35 heavy (non-hydrogen) atoms. The van der Waals surface area contributed by atoms with E-state index in [1.54, 1.807) is 0 Å². The molecule has 0 heterocycles. The van der Waals surface area contributed by atoms with Gasteiger partial charge in [0.2, 0.25) is 5.41 Å². The second kappa shape index (κ2) is 11.0. The molecule has 0 atom stereocenters. The predicted octanol–water partition coefficient (Wildman–Crippen LogP) is 3.87.